The summed E-state index contributed by atoms with van der Waals surface area (Å²) >= 11 is 6.02. The molecule has 31 heavy (non-hydrogen) atoms. The van der Waals surface area contributed by atoms with E-state index in [1.807, 2.05) is 0 Å². The molecule has 4 N–H and O–H groups in total. The molecule has 0 unspecified atom stereocenters. The van der Waals surface area contributed by atoms with E-state index in [1.54, 1.807) is 7.05 Å². The molecule has 3 aromatic rings. The normalized spacial score (nSPS) is 26.7. The van der Waals surface area contributed by atoms with Crippen molar-refractivity contribution < 1.29 is 19.4 Å². The molecule has 1 amide bonds. The van der Waals surface area contributed by atoms with Gasteiger partial charge < -0.3 is 20.4 Å². The van der Waals surface area contributed by atoms with Crippen molar-refractivity contribution in [2.24, 2.45) is 11.8 Å². The topological polar surface area (TPSA) is 140 Å². The Morgan fingerprint density at radius 1 is 1.32 bits per heavy atom. The number of fused-ring (bicyclic) bond motifs is 2. The van der Waals surface area contributed by atoms with Gasteiger partial charge >= 0.3 is 0 Å². The summed E-state index contributed by atoms with van der Waals surface area (Å²) in [4.78, 5) is 26.6. The Bertz CT molecular complexity index is 1170. The Morgan fingerprint density at radius 2 is 2.13 bits per heavy atom. The fraction of sp³-hybridized carbons (Fsp3) is 0.421. The number of pyridine rings is 1. The average Bonchev–Trinajstić information content (AvgIpc) is 3.36. The highest BCUT2D eigenvalue weighted by Gasteiger charge is 2.59. The highest BCUT2D eigenvalue weighted by Crippen LogP contribution is 2.52. The predicted molar refractivity (Wildman–Crippen MR) is 108 cm³/mol. The molecule has 0 aromatic carbocycles. The third-order valence-corrected chi connectivity index (χ3v) is 6.35. The predicted octanol–water partition coefficient (Wildman–Crippen LogP) is 0.965. The lowest BCUT2D eigenvalue weighted by molar-refractivity contribution is 0.0201. The summed E-state index contributed by atoms with van der Waals surface area (Å²) < 4.78 is 13.5. The SMILES string of the molecule is CN(Cc1cc(F)cnc1Cl)C(=O)c1[nH]nc2ncnc(N[C@H]3[C@H](O)[C@H](O)[C@@H]4C[C@@H]43)c12. The minimum atomic E-state index is -0.926. The van der Waals surface area contributed by atoms with Crippen molar-refractivity contribution in [3.63, 3.8) is 0 Å². The van der Waals surface area contributed by atoms with Crippen molar-refractivity contribution in [3.05, 3.63) is 40.8 Å². The zero-order chi connectivity index (χ0) is 21.9. The number of nitrogens with one attached hydrogen (secondary N) is 2. The van der Waals surface area contributed by atoms with Crippen molar-refractivity contribution in [1.29, 1.82) is 0 Å². The van der Waals surface area contributed by atoms with Crippen LogP contribution in [0.3, 0.4) is 0 Å². The number of aliphatic hydroxyl groups is 2. The van der Waals surface area contributed by atoms with Crippen molar-refractivity contribution >= 4 is 34.4 Å². The van der Waals surface area contributed by atoms with Crippen LogP contribution >= 0.6 is 11.6 Å². The van der Waals surface area contributed by atoms with Crippen molar-refractivity contribution in [2.45, 2.75) is 31.2 Å². The molecule has 2 fully saturated rings. The summed E-state index contributed by atoms with van der Waals surface area (Å²) in [5, 5.41) is 30.8. The minimum absolute atomic E-state index is 0.0245. The second-order valence-electron chi connectivity index (χ2n) is 8.00. The molecule has 2 aliphatic rings. The first-order valence-electron chi connectivity index (χ1n) is 9.72. The Balaban J connectivity index is 1.43. The Labute approximate surface area is 180 Å². The van der Waals surface area contributed by atoms with Crippen LogP contribution in [0.1, 0.15) is 22.5 Å². The van der Waals surface area contributed by atoms with Crippen LogP contribution < -0.4 is 5.32 Å². The van der Waals surface area contributed by atoms with Crippen LogP contribution in [0.4, 0.5) is 10.2 Å². The fourth-order valence-electron chi connectivity index (χ4n) is 4.32. The molecule has 3 aromatic heterocycles. The number of aromatic nitrogens is 5. The molecule has 2 aliphatic carbocycles. The molecule has 2 saturated carbocycles. The van der Waals surface area contributed by atoms with E-state index in [1.165, 1.54) is 17.3 Å². The number of aromatic amines is 1. The molecule has 162 valence electrons. The fourth-order valence-corrected chi connectivity index (χ4v) is 4.49. The highest BCUT2D eigenvalue weighted by atomic mass is 35.5. The van der Waals surface area contributed by atoms with Crippen LogP contribution in [0, 0.1) is 17.7 Å². The first-order chi connectivity index (χ1) is 14.8. The van der Waals surface area contributed by atoms with Crippen LogP contribution in [0.2, 0.25) is 5.15 Å². The average molecular weight is 448 g/mol. The standard InChI is InChI=1S/C19H19ClFN7O3/c1-28(5-7-2-8(21)4-22-16(7)20)19(31)13-11-17(23-6-24-18(11)27-26-13)25-12-9-3-10(9)14(29)15(12)30/h2,4,6,9-10,12,14-15,29-30H,3,5H2,1H3,(H2,23,24,25,26,27)/t9-,10+,12+,14+,15-/m0/s1. The van der Waals surface area contributed by atoms with Crippen LogP contribution in [0.5, 0.6) is 0 Å². The van der Waals surface area contributed by atoms with Gasteiger partial charge in [0.15, 0.2) is 5.65 Å². The lowest BCUT2D eigenvalue weighted by Crippen LogP contribution is -2.38. The van der Waals surface area contributed by atoms with E-state index in [0.29, 0.717) is 16.8 Å². The van der Waals surface area contributed by atoms with Gasteiger partial charge in [0.25, 0.3) is 5.91 Å². The zero-order valence-electron chi connectivity index (χ0n) is 16.3. The van der Waals surface area contributed by atoms with Gasteiger partial charge in [-0.2, -0.15) is 5.10 Å². The van der Waals surface area contributed by atoms with E-state index in [9.17, 15) is 19.4 Å². The largest absolute Gasteiger partial charge is 0.390 e. The number of nitrogens with zero attached hydrogens (tertiary/aromatic N) is 5. The second-order valence-corrected chi connectivity index (χ2v) is 8.36. The Kier molecular flexibility index (Phi) is 4.76. The van der Waals surface area contributed by atoms with Crippen molar-refractivity contribution in [2.75, 3.05) is 12.4 Å². The molecule has 12 heteroatoms. The smallest absolute Gasteiger partial charge is 0.272 e. The first kappa shape index (κ1) is 20.0. The van der Waals surface area contributed by atoms with E-state index in [0.717, 1.165) is 12.6 Å². The number of anilines is 1. The highest BCUT2D eigenvalue weighted by molar-refractivity contribution is 6.30. The van der Waals surface area contributed by atoms with Gasteiger partial charge in [0, 0.05) is 19.2 Å². The third kappa shape index (κ3) is 3.38. The third-order valence-electron chi connectivity index (χ3n) is 6.01. The molecule has 0 radical (unpaired) electrons. The van der Waals surface area contributed by atoms with Gasteiger partial charge in [0.05, 0.1) is 23.7 Å². The lowest BCUT2D eigenvalue weighted by Gasteiger charge is -2.22. The number of carbonyl (C=O) groups is 1. The maximum atomic E-state index is 13.5. The summed E-state index contributed by atoms with van der Waals surface area (Å²) in [6.07, 6.45) is 1.44. The molecule has 3 heterocycles. The van der Waals surface area contributed by atoms with Gasteiger partial charge in [-0.3, -0.25) is 9.89 Å². The van der Waals surface area contributed by atoms with Crippen LogP contribution in [0.15, 0.2) is 18.6 Å². The van der Waals surface area contributed by atoms with E-state index in [-0.39, 0.29) is 40.9 Å². The lowest BCUT2D eigenvalue weighted by atomic mass is 10.1. The molecule has 0 bridgehead atoms. The maximum Gasteiger partial charge on any atom is 0.272 e. The summed E-state index contributed by atoms with van der Waals surface area (Å²) in [6, 6.07) is 0.838. The van der Waals surface area contributed by atoms with Gasteiger partial charge in [-0.25, -0.2) is 19.3 Å². The number of hydrogen-bond donors (Lipinski definition) is 4. The van der Waals surface area contributed by atoms with Gasteiger partial charge in [0.2, 0.25) is 0 Å². The number of rotatable bonds is 5. The molecule has 10 nitrogen and oxygen atoms in total. The van der Waals surface area contributed by atoms with Gasteiger partial charge in [-0.1, -0.05) is 11.6 Å². The van der Waals surface area contributed by atoms with Crippen LogP contribution in [-0.2, 0) is 6.54 Å². The quantitative estimate of drug-likeness (QED) is 0.424. The number of amides is 1. The summed E-state index contributed by atoms with van der Waals surface area (Å²) in [5.74, 6) is -0.429. The number of hydrogen-bond acceptors (Lipinski definition) is 8. The van der Waals surface area contributed by atoms with Crippen molar-refractivity contribution in [1.82, 2.24) is 30.0 Å². The number of carbonyl (C=O) groups excluding carboxylic acids is 1. The van der Waals surface area contributed by atoms with Crippen LogP contribution in [0.25, 0.3) is 11.0 Å². The summed E-state index contributed by atoms with van der Waals surface area (Å²) in [7, 11) is 1.54. The van der Waals surface area contributed by atoms with Crippen molar-refractivity contribution in [3.8, 4) is 0 Å². The van der Waals surface area contributed by atoms with E-state index in [2.05, 4.69) is 30.5 Å². The van der Waals surface area contributed by atoms with E-state index < -0.39 is 23.9 Å². The molecule has 0 saturated heterocycles. The van der Waals surface area contributed by atoms with Gasteiger partial charge in [-0.05, 0) is 24.3 Å². The molecule has 5 rings (SSSR count). The first-order valence-corrected chi connectivity index (χ1v) is 10.1. The number of aliphatic hydroxyl groups excluding tert-OH is 2. The monoisotopic (exact) mass is 447 g/mol. The molecule has 0 spiro atoms. The summed E-state index contributed by atoms with van der Waals surface area (Å²) in [5.41, 5.74) is 0.778. The maximum absolute atomic E-state index is 13.5. The second kappa shape index (κ2) is 7.36. The van der Waals surface area contributed by atoms with Gasteiger partial charge in [-0.15, -0.1) is 0 Å². The van der Waals surface area contributed by atoms with E-state index in [4.69, 9.17) is 11.6 Å². The van der Waals surface area contributed by atoms with E-state index >= 15 is 0 Å². The van der Waals surface area contributed by atoms with Gasteiger partial charge in [0.1, 0.15) is 34.9 Å². The molecule has 0 aliphatic heterocycles. The minimum Gasteiger partial charge on any atom is -0.390 e. The molecular weight excluding hydrogens is 429 g/mol. The molecular formula is C19H19ClFN7O3. The number of H-pyrrole nitrogens is 1. The molecule has 5 atom stereocenters. The zero-order valence-corrected chi connectivity index (χ0v) is 17.1. The van der Waals surface area contributed by atoms with Crippen LogP contribution in [-0.4, -0.2) is 71.5 Å². The summed E-state index contributed by atoms with van der Waals surface area (Å²) in [6.45, 7) is 0.0245. The Hall–Kier alpha value is -2.89. The number of halogens is 2. The Morgan fingerprint density at radius 3 is 2.87 bits per heavy atom.